The fourth-order valence-electron chi connectivity index (χ4n) is 1.95. The van der Waals surface area contributed by atoms with E-state index in [0.717, 1.165) is 19.1 Å². The molecular weight excluding hydrogens is 310 g/mol. The van der Waals surface area contributed by atoms with Crippen molar-refractivity contribution in [2.24, 2.45) is 0 Å². The summed E-state index contributed by atoms with van der Waals surface area (Å²) in [6.07, 6.45) is 2.93. The van der Waals surface area contributed by atoms with Crippen LogP contribution in [0.15, 0.2) is 22.7 Å². The molecule has 0 heterocycles. The largest absolute Gasteiger partial charge is 0.484 e. The van der Waals surface area contributed by atoms with Gasteiger partial charge in [-0.15, -0.1) is 0 Å². The smallest absolute Gasteiger partial charge is 0.260 e. The van der Waals surface area contributed by atoms with Crippen molar-refractivity contribution in [2.75, 3.05) is 13.2 Å². The number of aldehydes is 1. The summed E-state index contributed by atoms with van der Waals surface area (Å²) in [5, 5.41) is 0. The van der Waals surface area contributed by atoms with Crippen LogP contribution in [0.4, 0.5) is 0 Å². The molecule has 1 fully saturated rings. The molecule has 0 spiro atoms. The van der Waals surface area contributed by atoms with Crippen molar-refractivity contribution in [3.05, 3.63) is 28.2 Å². The first-order valence-corrected chi connectivity index (χ1v) is 7.12. The lowest BCUT2D eigenvalue weighted by atomic mass is 10.2. The van der Waals surface area contributed by atoms with Gasteiger partial charge in [0, 0.05) is 22.6 Å². The van der Waals surface area contributed by atoms with Crippen LogP contribution in [0.5, 0.6) is 5.75 Å². The van der Waals surface area contributed by atoms with E-state index in [1.165, 1.54) is 0 Å². The van der Waals surface area contributed by atoms with Crippen LogP contribution in [-0.2, 0) is 4.79 Å². The molecular formula is C14H16BrNO3. The van der Waals surface area contributed by atoms with Crippen LogP contribution >= 0.6 is 15.9 Å². The fourth-order valence-corrected chi connectivity index (χ4v) is 2.29. The second-order valence-electron chi connectivity index (χ2n) is 4.50. The quantitative estimate of drug-likeness (QED) is 0.755. The Morgan fingerprint density at radius 3 is 2.84 bits per heavy atom. The monoisotopic (exact) mass is 325 g/mol. The number of benzene rings is 1. The lowest BCUT2D eigenvalue weighted by molar-refractivity contribution is -0.133. The summed E-state index contributed by atoms with van der Waals surface area (Å²) in [5.41, 5.74) is 0.513. The molecule has 19 heavy (non-hydrogen) atoms. The lowest BCUT2D eigenvalue weighted by Crippen LogP contribution is -2.36. The van der Waals surface area contributed by atoms with Gasteiger partial charge in [-0.3, -0.25) is 9.59 Å². The topological polar surface area (TPSA) is 46.6 Å². The van der Waals surface area contributed by atoms with Gasteiger partial charge in [-0.05, 0) is 38.0 Å². The van der Waals surface area contributed by atoms with Gasteiger partial charge in [-0.25, -0.2) is 0 Å². The molecule has 0 aliphatic heterocycles. The maximum absolute atomic E-state index is 12.0. The number of rotatable bonds is 6. The van der Waals surface area contributed by atoms with Crippen LogP contribution in [0.3, 0.4) is 0 Å². The Labute approximate surface area is 120 Å². The van der Waals surface area contributed by atoms with Crippen LogP contribution in [0.25, 0.3) is 0 Å². The highest BCUT2D eigenvalue weighted by Gasteiger charge is 2.31. The van der Waals surface area contributed by atoms with Gasteiger partial charge in [0.25, 0.3) is 5.91 Å². The number of likely N-dealkylation sites (N-methyl/N-ethyl adjacent to an activating group) is 1. The van der Waals surface area contributed by atoms with Crippen molar-refractivity contribution in [2.45, 2.75) is 25.8 Å². The molecule has 1 amide bonds. The molecule has 0 atom stereocenters. The zero-order chi connectivity index (χ0) is 13.8. The zero-order valence-corrected chi connectivity index (χ0v) is 12.4. The molecule has 1 aromatic rings. The van der Waals surface area contributed by atoms with Crippen LogP contribution in [0.1, 0.15) is 30.1 Å². The van der Waals surface area contributed by atoms with E-state index in [4.69, 9.17) is 4.74 Å². The van der Waals surface area contributed by atoms with Crippen LogP contribution < -0.4 is 4.74 Å². The Morgan fingerprint density at radius 2 is 2.26 bits per heavy atom. The van der Waals surface area contributed by atoms with Gasteiger partial charge in [0.15, 0.2) is 12.9 Å². The maximum atomic E-state index is 12.0. The van der Waals surface area contributed by atoms with E-state index >= 15 is 0 Å². The third-order valence-electron chi connectivity index (χ3n) is 3.11. The second-order valence-corrected chi connectivity index (χ2v) is 5.36. The Balaban J connectivity index is 1.94. The van der Waals surface area contributed by atoms with Crippen LogP contribution in [0, 0.1) is 0 Å². The predicted molar refractivity (Wildman–Crippen MR) is 75.4 cm³/mol. The number of carbonyl (C=O) groups excluding carboxylic acids is 2. The normalized spacial score (nSPS) is 14.0. The van der Waals surface area contributed by atoms with Gasteiger partial charge >= 0.3 is 0 Å². The number of hydrogen-bond donors (Lipinski definition) is 0. The Morgan fingerprint density at radius 1 is 1.53 bits per heavy atom. The van der Waals surface area contributed by atoms with Crippen LogP contribution in [-0.4, -0.2) is 36.3 Å². The maximum Gasteiger partial charge on any atom is 0.260 e. The summed E-state index contributed by atoms with van der Waals surface area (Å²) in [6.45, 7) is 2.71. The standard InChI is InChI=1S/C14H16BrNO3/c1-2-16(11-3-4-11)14(18)9-19-12-5-6-13(15)10(7-12)8-17/h5-8,11H,2-4,9H2,1H3. The molecule has 1 aliphatic carbocycles. The molecule has 2 rings (SSSR count). The predicted octanol–water partition coefficient (Wildman–Crippen LogP) is 2.65. The Kier molecular flexibility index (Phi) is 4.58. The van der Waals surface area contributed by atoms with Crippen molar-refractivity contribution in [1.29, 1.82) is 0 Å². The zero-order valence-electron chi connectivity index (χ0n) is 10.8. The molecule has 5 heteroatoms. The molecule has 0 saturated heterocycles. The van der Waals surface area contributed by atoms with Gasteiger partial charge in [0.05, 0.1) is 0 Å². The number of carbonyl (C=O) groups is 2. The number of hydrogen-bond acceptors (Lipinski definition) is 3. The van der Waals surface area contributed by atoms with Gasteiger partial charge < -0.3 is 9.64 Å². The van der Waals surface area contributed by atoms with E-state index < -0.39 is 0 Å². The number of amides is 1. The molecule has 0 bridgehead atoms. The highest BCUT2D eigenvalue weighted by Crippen LogP contribution is 2.27. The van der Waals surface area contributed by atoms with E-state index in [1.807, 2.05) is 11.8 Å². The minimum atomic E-state index is 0.000529. The summed E-state index contributed by atoms with van der Waals surface area (Å²) in [6, 6.07) is 5.49. The van der Waals surface area contributed by atoms with Crippen molar-refractivity contribution in [1.82, 2.24) is 4.90 Å². The number of nitrogens with zero attached hydrogens (tertiary/aromatic N) is 1. The van der Waals surface area contributed by atoms with Gasteiger partial charge in [0.1, 0.15) is 5.75 Å². The van der Waals surface area contributed by atoms with Crippen molar-refractivity contribution in [3.8, 4) is 5.75 Å². The Bertz CT molecular complexity index is 486. The first-order valence-electron chi connectivity index (χ1n) is 6.32. The first kappa shape index (κ1) is 14.1. The van der Waals surface area contributed by atoms with E-state index in [0.29, 0.717) is 28.4 Å². The minimum absolute atomic E-state index is 0.000529. The third kappa shape index (κ3) is 3.56. The fraction of sp³-hybridized carbons (Fsp3) is 0.429. The molecule has 0 N–H and O–H groups in total. The average molecular weight is 326 g/mol. The highest BCUT2D eigenvalue weighted by molar-refractivity contribution is 9.10. The molecule has 102 valence electrons. The minimum Gasteiger partial charge on any atom is -0.484 e. The summed E-state index contributed by atoms with van der Waals surface area (Å²) in [5.74, 6) is 0.533. The van der Waals surface area contributed by atoms with Crippen molar-refractivity contribution >= 4 is 28.1 Å². The van der Waals surface area contributed by atoms with E-state index in [9.17, 15) is 9.59 Å². The molecule has 1 saturated carbocycles. The third-order valence-corrected chi connectivity index (χ3v) is 3.83. The summed E-state index contributed by atoms with van der Waals surface area (Å²) < 4.78 is 6.17. The number of halogens is 1. The lowest BCUT2D eigenvalue weighted by Gasteiger charge is -2.20. The molecule has 1 aromatic carbocycles. The van der Waals surface area contributed by atoms with E-state index in [1.54, 1.807) is 18.2 Å². The number of ether oxygens (including phenoxy) is 1. The Hall–Kier alpha value is -1.36. The van der Waals surface area contributed by atoms with Gasteiger partial charge in [-0.1, -0.05) is 15.9 Å². The summed E-state index contributed by atoms with van der Waals surface area (Å²) in [7, 11) is 0. The van der Waals surface area contributed by atoms with Gasteiger partial charge in [-0.2, -0.15) is 0 Å². The molecule has 0 unspecified atom stereocenters. The average Bonchev–Trinajstić information content (AvgIpc) is 3.23. The van der Waals surface area contributed by atoms with E-state index in [-0.39, 0.29) is 12.5 Å². The summed E-state index contributed by atoms with van der Waals surface area (Å²) in [4.78, 5) is 24.6. The van der Waals surface area contributed by atoms with Crippen molar-refractivity contribution in [3.63, 3.8) is 0 Å². The highest BCUT2D eigenvalue weighted by atomic mass is 79.9. The molecule has 1 aliphatic rings. The van der Waals surface area contributed by atoms with Gasteiger partial charge in [0.2, 0.25) is 0 Å². The van der Waals surface area contributed by atoms with Crippen molar-refractivity contribution < 1.29 is 14.3 Å². The van der Waals surface area contributed by atoms with E-state index in [2.05, 4.69) is 15.9 Å². The molecule has 0 radical (unpaired) electrons. The molecule has 0 aromatic heterocycles. The molecule has 4 nitrogen and oxygen atoms in total. The second kappa shape index (κ2) is 6.19. The summed E-state index contributed by atoms with van der Waals surface area (Å²) >= 11 is 3.27. The first-order chi connectivity index (χ1) is 9.15. The van der Waals surface area contributed by atoms with Crippen LogP contribution in [0.2, 0.25) is 0 Å². The SMILES string of the molecule is CCN(C(=O)COc1ccc(Br)c(C=O)c1)C1CC1.